The first kappa shape index (κ1) is 15.2. The molecule has 1 atom stereocenters. The fourth-order valence-corrected chi connectivity index (χ4v) is 5.80. The Morgan fingerprint density at radius 3 is 2.32 bits per heavy atom. The summed E-state index contributed by atoms with van der Waals surface area (Å²) in [7, 11) is -6.64. The van der Waals surface area contributed by atoms with E-state index in [1.54, 1.807) is 0 Å². The summed E-state index contributed by atoms with van der Waals surface area (Å²) in [5.41, 5.74) is 5.57. The van der Waals surface area contributed by atoms with Gasteiger partial charge in [0, 0.05) is 19.1 Å². The van der Waals surface area contributed by atoms with Crippen LogP contribution in [-0.2, 0) is 20.0 Å². The van der Waals surface area contributed by atoms with Gasteiger partial charge in [0.05, 0.1) is 11.5 Å². The van der Waals surface area contributed by atoms with Crippen LogP contribution >= 0.6 is 0 Å². The van der Waals surface area contributed by atoms with Crippen molar-refractivity contribution >= 4 is 20.0 Å². The van der Waals surface area contributed by atoms with Crippen molar-refractivity contribution in [1.29, 1.82) is 0 Å². The van der Waals surface area contributed by atoms with Crippen LogP contribution in [0.3, 0.4) is 0 Å². The van der Waals surface area contributed by atoms with Crippen LogP contribution in [0.15, 0.2) is 0 Å². The molecule has 3 N–H and O–H groups in total. The smallest absolute Gasteiger partial charge is 0.279 e. The Morgan fingerprint density at radius 2 is 1.84 bits per heavy atom. The SMILES string of the molecule is NCC1CCN(S(=O)(=O)NC2CCS(=O)(=O)C2)CC1. The number of nitrogens with zero attached hydrogens (tertiary/aromatic N) is 1. The first-order chi connectivity index (χ1) is 8.82. The lowest BCUT2D eigenvalue weighted by molar-refractivity contribution is 0.274. The van der Waals surface area contributed by atoms with Crippen molar-refractivity contribution in [2.75, 3.05) is 31.1 Å². The van der Waals surface area contributed by atoms with Gasteiger partial charge in [-0.2, -0.15) is 17.4 Å². The number of sulfone groups is 1. The molecule has 0 aromatic carbocycles. The quantitative estimate of drug-likeness (QED) is 0.669. The Balaban J connectivity index is 1.93. The fourth-order valence-electron chi connectivity index (χ4n) is 2.56. The molecule has 2 aliphatic heterocycles. The zero-order valence-corrected chi connectivity index (χ0v) is 12.4. The Labute approximate surface area is 114 Å². The van der Waals surface area contributed by atoms with Crippen molar-refractivity contribution in [3.8, 4) is 0 Å². The highest BCUT2D eigenvalue weighted by Gasteiger charge is 2.34. The van der Waals surface area contributed by atoms with E-state index >= 15 is 0 Å². The number of nitrogens with one attached hydrogen (secondary N) is 1. The van der Waals surface area contributed by atoms with E-state index < -0.39 is 26.1 Å². The minimum absolute atomic E-state index is 0.0649. The molecular formula is C10H21N3O4S2. The standard InChI is InChI=1S/C10H21N3O4S2/c11-7-9-1-4-13(5-2-9)19(16,17)12-10-3-6-18(14,15)8-10/h9-10,12H,1-8,11H2. The minimum atomic E-state index is -3.57. The van der Waals surface area contributed by atoms with E-state index in [1.165, 1.54) is 4.31 Å². The molecule has 0 amide bonds. The number of hydrogen-bond acceptors (Lipinski definition) is 5. The van der Waals surface area contributed by atoms with Gasteiger partial charge < -0.3 is 5.73 Å². The van der Waals surface area contributed by atoms with E-state index in [2.05, 4.69) is 4.72 Å². The monoisotopic (exact) mass is 311 g/mol. The summed E-state index contributed by atoms with van der Waals surface area (Å²) >= 11 is 0. The first-order valence-electron chi connectivity index (χ1n) is 6.50. The van der Waals surface area contributed by atoms with Gasteiger partial charge in [0.2, 0.25) is 0 Å². The van der Waals surface area contributed by atoms with Gasteiger partial charge in [-0.05, 0) is 31.7 Å². The fraction of sp³-hybridized carbons (Fsp3) is 1.00. The summed E-state index contributed by atoms with van der Waals surface area (Å²) in [5.74, 6) is 0.360. The van der Waals surface area contributed by atoms with Gasteiger partial charge in [0.25, 0.3) is 10.2 Å². The molecule has 1 unspecified atom stereocenters. The van der Waals surface area contributed by atoms with E-state index in [4.69, 9.17) is 5.73 Å². The zero-order chi connectivity index (χ0) is 14.1. The predicted octanol–water partition coefficient (Wildman–Crippen LogP) is -1.32. The van der Waals surface area contributed by atoms with Crippen molar-refractivity contribution in [2.45, 2.75) is 25.3 Å². The van der Waals surface area contributed by atoms with E-state index in [9.17, 15) is 16.8 Å². The van der Waals surface area contributed by atoms with Crippen molar-refractivity contribution in [1.82, 2.24) is 9.03 Å². The van der Waals surface area contributed by atoms with Crippen LogP contribution < -0.4 is 10.5 Å². The Hall–Kier alpha value is -0.220. The molecule has 2 aliphatic rings. The highest BCUT2D eigenvalue weighted by Crippen LogP contribution is 2.19. The van der Waals surface area contributed by atoms with Crippen LogP contribution in [0.1, 0.15) is 19.3 Å². The van der Waals surface area contributed by atoms with Crippen LogP contribution in [0.2, 0.25) is 0 Å². The summed E-state index contributed by atoms with van der Waals surface area (Å²) in [6.07, 6.45) is 1.89. The van der Waals surface area contributed by atoms with E-state index in [0.29, 0.717) is 32.0 Å². The Bertz CT molecular complexity index is 509. The lowest BCUT2D eigenvalue weighted by atomic mass is 9.99. The molecule has 19 heavy (non-hydrogen) atoms. The van der Waals surface area contributed by atoms with E-state index in [1.807, 2.05) is 0 Å². The second kappa shape index (κ2) is 5.65. The highest BCUT2D eigenvalue weighted by molar-refractivity contribution is 7.91. The summed E-state index contributed by atoms with van der Waals surface area (Å²) in [4.78, 5) is 0. The van der Waals surface area contributed by atoms with Gasteiger partial charge in [-0.15, -0.1) is 0 Å². The van der Waals surface area contributed by atoms with Crippen molar-refractivity contribution in [3.05, 3.63) is 0 Å². The molecule has 2 heterocycles. The average Bonchev–Trinajstić information content (AvgIpc) is 2.68. The molecule has 9 heteroatoms. The average molecular weight is 311 g/mol. The molecule has 0 radical (unpaired) electrons. The molecule has 0 spiro atoms. The normalized spacial score (nSPS) is 29.6. The summed E-state index contributed by atoms with van der Waals surface area (Å²) in [6.45, 7) is 1.50. The maximum atomic E-state index is 12.1. The van der Waals surface area contributed by atoms with Gasteiger partial charge >= 0.3 is 0 Å². The topological polar surface area (TPSA) is 110 Å². The molecule has 0 aromatic rings. The first-order valence-corrected chi connectivity index (χ1v) is 9.76. The predicted molar refractivity (Wildman–Crippen MR) is 72.5 cm³/mol. The second-order valence-corrected chi connectivity index (χ2v) is 9.23. The van der Waals surface area contributed by atoms with Crippen LogP contribution in [-0.4, -0.2) is 58.3 Å². The van der Waals surface area contributed by atoms with Crippen LogP contribution in [0.25, 0.3) is 0 Å². The van der Waals surface area contributed by atoms with Crippen LogP contribution in [0.5, 0.6) is 0 Å². The molecular weight excluding hydrogens is 290 g/mol. The van der Waals surface area contributed by atoms with Gasteiger partial charge in [-0.3, -0.25) is 0 Å². The molecule has 2 fully saturated rings. The molecule has 0 bridgehead atoms. The minimum Gasteiger partial charge on any atom is -0.330 e. The van der Waals surface area contributed by atoms with Gasteiger partial charge in [0.1, 0.15) is 0 Å². The lowest BCUT2D eigenvalue weighted by Crippen LogP contribution is -2.49. The van der Waals surface area contributed by atoms with Gasteiger partial charge in [-0.1, -0.05) is 0 Å². The molecule has 0 aliphatic carbocycles. The largest absolute Gasteiger partial charge is 0.330 e. The maximum absolute atomic E-state index is 12.1. The van der Waals surface area contributed by atoms with Crippen molar-refractivity contribution in [2.24, 2.45) is 11.7 Å². The van der Waals surface area contributed by atoms with E-state index in [-0.39, 0.29) is 11.5 Å². The van der Waals surface area contributed by atoms with Crippen molar-refractivity contribution in [3.63, 3.8) is 0 Å². The molecule has 2 rings (SSSR count). The van der Waals surface area contributed by atoms with Gasteiger partial charge in [0.15, 0.2) is 9.84 Å². The summed E-state index contributed by atoms with van der Waals surface area (Å²) in [6, 6.07) is -0.484. The van der Waals surface area contributed by atoms with Crippen LogP contribution in [0.4, 0.5) is 0 Å². The molecule has 112 valence electrons. The molecule has 0 saturated carbocycles. The Kier molecular flexibility index (Phi) is 4.51. The lowest BCUT2D eigenvalue weighted by Gasteiger charge is -2.31. The third kappa shape index (κ3) is 3.88. The second-order valence-electron chi connectivity index (χ2n) is 5.30. The number of piperidine rings is 1. The van der Waals surface area contributed by atoms with Gasteiger partial charge in [-0.25, -0.2) is 8.42 Å². The Morgan fingerprint density at radius 1 is 1.21 bits per heavy atom. The summed E-state index contributed by atoms with van der Waals surface area (Å²) < 4.78 is 50.8. The number of hydrogen-bond donors (Lipinski definition) is 2. The van der Waals surface area contributed by atoms with E-state index in [0.717, 1.165) is 12.8 Å². The molecule has 0 aromatic heterocycles. The molecule has 2 saturated heterocycles. The van der Waals surface area contributed by atoms with Crippen LogP contribution in [0, 0.1) is 5.92 Å². The third-order valence-corrected chi connectivity index (χ3v) is 7.24. The maximum Gasteiger partial charge on any atom is 0.279 e. The molecule has 7 nitrogen and oxygen atoms in total. The number of nitrogens with two attached hydrogens (primary N) is 1. The highest BCUT2D eigenvalue weighted by atomic mass is 32.2. The number of rotatable bonds is 4. The van der Waals surface area contributed by atoms with Crippen molar-refractivity contribution < 1.29 is 16.8 Å². The third-order valence-electron chi connectivity index (χ3n) is 3.79. The summed E-state index contributed by atoms with van der Waals surface area (Å²) in [5, 5.41) is 0. The zero-order valence-electron chi connectivity index (χ0n) is 10.8.